The summed E-state index contributed by atoms with van der Waals surface area (Å²) in [5.41, 5.74) is 2.90. The topological polar surface area (TPSA) is 85.2 Å². The molecule has 0 spiro atoms. The largest absolute Gasteiger partial charge is 0.508 e. The van der Waals surface area contributed by atoms with Crippen LogP contribution in [0.15, 0.2) is 84.9 Å². The molecule has 0 saturated heterocycles. The lowest BCUT2D eigenvalue weighted by Crippen LogP contribution is -2.20. The van der Waals surface area contributed by atoms with Crippen molar-refractivity contribution in [2.24, 2.45) is 5.92 Å². The molecule has 36 heavy (non-hydrogen) atoms. The van der Waals surface area contributed by atoms with E-state index in [-0.39, 0.29) is 29.5 Å². The molecule has 0 radical (unpaired) electrons. The first kappa shape index (κ1) is 26.7. The van der Waals surface area contributed by atoms with Gasteiger partial charge >= 0.3 is 5.97 Å². The molecule has 0 fully saturated rings. The predicted molar refractivity (Wildman–Crippen MR) is 141 cm³/mol. The van der Waals surface area contributed by atoms with Crippen LogP contribution in [0.5, 0.6) is 17.2 Å². The molecule has 188 valence electrons. The summed E-state index contributed by atoms with van der Waals surface area (Å²) in [6.07, 6.45) is 8.42. The smallest absolute Gasteiger partial charge is 0.308 e. The molecule has 6 heteroatoms. The minimum absolute atomic E-state index is 0.0318. The van der Waals surface area contributed by atoms with Crippen molar-refractivity contribution >= 4 is 18.1 Å². The number of allylic oxidation sites excluding steroid dienone is 1. The Kier molecular flexibility index (Phi) is 10.3. The maximum Gasteiger partial charge on any atom is 0.308 e. The van der Waals surface area contributed by atoms with Gasteiger partial charge in [-0.25, -0.2) is 0 Å². The van der Waals surface area contributed by atoms with Crippen LogP contribution in [0, 0.1) is 5.92 Å². The van der Waals surface area contributed by atoms with E-state index >= 15 is 0 Å². The van der Waals surface area contributed by atoms with Crippen LogP contribution in [-0.4, -0.2) is 36.5 Å². The highest BCUT2D eigenvalue weighted by Crippen LogP contribution is 2.31. The highest BCUT2D eigenvalue weighted by molar-refractivity contribution is 5.69. The third kappa shape index (κ3) is 8.73. The summed E-state index contributed by atoms with van der Waals surface area (Å²) in [5.74, 6) is 0.620. The molecule has 0 bridgehead atoms. The fraction of sp³-hybridized carbons (Fsp3) is 0.233. The van der Waals surface area contributed by atoms with Crippen LogP contribution in [0.25, 0.3) is 12.2 Å². The molecular weight excluding hydrogens is 456 g/mol. The average molecular weight is 489 g/mol. The van der Waals surface area contributed by atoms with Gasteiger partial charge in [0.1, 0.15) is 17.2 Å². The number of carbonyl (C=O) groups excluding carboxylic acids is 1. The fourth-order valence-corrected chi connectivity index (χ4v) is 3.78. The fourth-order valence-electron chi connectivity index (χ4n) is 3.78. The van der Waals surface area contributed by atoms with Gasteiger partial charge in [0.05, 0.1) is 19.3 Å². The Labute approximate surface area is 212 Å². The second-order valence-electron chi connectivity index (χ2n) is 8.36. The quantitative estimate of drug-likeness (QED) is 0.235. The van der Waals surface area contributed by atoms with Crippen LogP contribution in [-0.2, 0) is 14.3 Å². The monoisotopic (exact) mass is 488 g/mol. The molecule has 0 aliphatic carbocycles. The van der Waals surface area contributed by atoms with Crippen molar-refractivity contribution < 1.29 is 29.2 Å². The minimum atomic E-state index is -0.351. The zero-order valence-electron chi connectivity index (χ0n) is 20.5. The Morgan fingerprint density at radius 1 is 0.833 bits per heavy atom. The standard InChI is InChI=1S/C30H32O6/c1-22(31)36-29-18-10-24(11-19-29)6-4-20-35-30(25-12-16-28(33)17-13-25)26(21-34-2)7-3-5-23-8-14-27(32)15-9-23/h3-6,8-19,26,30,32-33H,7,20-21H2,1-2H3/t26-,30-/m1/s1. The van der Waals surface area contributed by atoms with Gasteiger partial charge < -0.3 is 24.4 Å². The first-order valence-electron chi connectivity index (χ1n) is 11.7. The van der Waals surface area contributed by atoms with Crippen LogP contribution in [0.2, 0.25) is 0 Å². The summed E-state index contributed by atoms with van der Waals surface area (Å²) in [7, 11) is 1.67. The molecule has 0 unspecified atom stereocenters. The van der Waals surface area contributed by atoms with Crippen molar-refractivity contribution in [2.75, 3.05) is 20.3 Å². The predicted octanol–water partition coefficient (Wildman–Crippen LogP) is 6.16. The van der Waals surface area contributed by atoms with E-state index in [1.807, 2.05) is 54.6 Å². The van der Waals surface area contributed by atoms with Gasteiger partial charge in [-0.3, -0.25) is 4.79 Å². The van der Waals surface area contributed by atoms with Gasteiger partial charge in [-0.1, -0.05) is 60.7 Å². The lowest BCUT2D eigenvalue weighted by molar-refractivity contribution is -0.131. The highest BCUT2D eigenvalue weighted by Gasteiger charge is 2.23. The normalized spacial score (nSPS) is 13.2. The zero-order chi connectivity index (χ0) is 25.8. The molecule has 0 aliphatic rings. The maximum absolute atomic E-state index is 11.1. The first-order chi connectivity index (χ1) is 17.4. The SMILES string of the molecule is COC[C@@H](CC=Cc1ccc(O)cc1)[C@H](OCC=Cc1ccc(OC(C)=O)cc1)c1ccc(O)cc1. The molecule has 2 atom stereocenters. The molecule has 0 saturated carbocycles. The Morgan fingerprint density at radius 3 is 1.97 bits per heavy atom. The summed E-state index contributed by atoms with van der Waals surface area (Å²) in [6.45, 7) is 2.24. The summed E-state index contributed by atoms with van der Waals surface area (Å²) in [4.78, 5) is 11.1. The lowest BCUT2D eigenvalue weighted by Gasteiger charge is -2.26. The van der Waals surface area contributed by atoms with Crippen molar-refractivity contribution in [2.45, 2.75) is 19.4 Å². The Balaban J connectivity index is 1.69. The Bertz CT molecular complexity index is 1130. The van der Waals surface area contributed by atoms with E-state index in [1.54, 1.807) is 43.5 Å². The molecule has 0 aromatic heterocycles. The Hall–Kier alpha value is -3.87. The van der Waals surface area contributed by atoms with Gasteiger partial charge in [0.25, 0.3) is 0 Å². The van der Waals surface area contributed by atoms with Crippen LogP contribution in [0.3, 0.4) is 0 Å². The summed E-state index contributed by atoms with van der Waals surface area (Å²) in [5, 5.41) is 19.2. The second-order valence-corrected chi connectivity index (χ2v) is 8.36. The number of phenolic OH excluding ortho intramolecular Hbond substituents is 2. The molecule has 6 nitrogen and oxygen atoms in total. The van der Waals surface area contributed by atoms with Gasteiger partial charge in [-0.15, -0.1) is 0 Å². The summed E-state index contributed by atoms with van der Waals surface area (Å²) in [6, 6.07) is 21.3. The van der Waals surface area contributed by atoms with E-state index in [0.717, 1.165) is 16.7 Å². The molecule has 0 heterocycles. The van der Waals surface area contributed by atoms with Crippen LogP contribution < -0.4 is 4.74 Å². The van der Waals surface area contributed by atoms with E-state index < -0.39 is 0 Å². The Morgan fingerprint density at radius 2 is 1.39 bits per heavy atom. The van der Waals surface area contributed by atoms with E-state index in [2.05, 4.69) is 6.08 Å². The first-order valence-corrected chi connectivity index (χ1v) is 11.7. The minimum Gasteiger partial charge on any atom is -0.508 e. The number of hydrogen-bond donors (Lipinski definition) is 2. The van der Waals surface area contributed by atoms with Crippen molar-refractivity contribution in [3.63, 3.8) is 0 Å². The van der Waals surface area contributed by atoms with Crippen LogP contribution in [0.1, 0.15) is 36.1 Å². The van der Waals surface area contributed by atoms with Crippen molar-refractivity contribution in [1.82, 2.24) is 0 Å². The van der Waals surface area contributed by atoms with Crippen LogP contribution in [0.4, 0.5) is 0 Å². The van der Waals surface area contributed by atoms with Crippen LogP contribution >= 0.6 is 0 Å². The number of aromatic hydroxyl groups is 2. The molecule has 3 aromatic carbocycles. The number of esters is 1. The summed E-state index contributed by atoms with van der Waals surface area (Å²) < 4.78 is 16.9. The van der Waals surface area contributed by atoms with Gasteiger partial charge in [0, 0.05) is 20.0 Å². The molecule has 3 rings (SSSR count). The molecule has 2 N–H and O–H groups in total. The number of ether oxygens (including phenoxy) is 3. The molecule has 0 aliphatic heterocycles. The third-order valence-corrected chi connectivity index (χ3v) is 5.50. The summed E-state index contributed by atoms with van der Waals surface area (Å²) >= 11 is 0. The molecule has 0 amide bonds. The number of phenols is 2. The lowest BCUT2D eigenvalue weighted by atomic mass is 9.92. The van der Waals surface area contributed by atoms with E-state index in [1.165, 1.54) is 6.92 Å². The van der Waals surface area contributed by atoms with Crippen molar-refractivity contribution in [1.29, 1.82) is 0 Å². The van der Waals surface area contributed by atoms with Gasteiger partial charge in [-0.05, 0) is 59.5 Å². The van der Waals surface area contributed by atoms with Gasteiger partial charge in [0.15, 0.2) is 0 Å². The second kappa shape index (κ2) is 13.9. The van der Waals surface area contributed by atoms with Crippen molar-refractivity contribution in [3.05, 3.63) is 102 Å². The highest BCUT2D eigenvalue weighted by atomic mass is 16.5. The number of methoxy groups -OCH3 is 1. The van der Waals surface area contributed by atoms with E-state index in [0.29, 0.717) is 25.4 Å². The number of rotatable bonds is 12. The van der Waals surface area contributed by atoms with E-state index in [9.17, 15) is 15.0 Å². The molecule has 3 aromatic rings. The number of carbonyl (C=O) groups is 1. The van der Waals surface area contributed by atoms with E-state index in [4.69, 9.17) is 14.2 Å². The molecular formula is C30H32O6. The number of benzene rings is 3. The number of hydrogen-bond acceptors (Lipinski definition) is 6. The van der Waals surface area contributed by atoms with Crippen molar-refractivity contribution in [3.8, 4) is 17.2 Å². The third-order valence-electron chi connectivity index (χ3n) is 5.50. The average Bonchev–Trinajstić information content (AvgIpc) is 2.86. The maximum atomic E-state index is 11.1. The van der Waals surface area contributed by atoms with Gasteiger partial charge in [-0.2, -0.15) is 0 Å². The van der Waals surface area contributed by atoms with Gasteiger partial charge in [0.2, 0.25) is 0 Å². The zero-order valence-corrected chi connectivity index (χ0v) is 20.5.